The number of carboxylic acid groups (broad SMARTS) is 1. The second kappa shape index (κ2) is 6.92. The minimum Gasteiger partial charge on any atom is -0.495 e. The van der Waals surface area contributed by atoms with E-state index >= 15 is 0 Å². The molecule has 0 heterocycles. The van der Waals surface area contributed by atoms with Crippen LogP contribution in [0.3, 0.4) is 0 Å². The van der Waals surface area contributed by atoms with Gasteiger partial charge in [-0.1, -0.05) is 11.6 Å². The van der Waals surface area contributed by atoms with E-state index in [0.717, 1.165) is 0 Å². The molecule has 20 heavy (non-hydrogen) atoms. The van der Waals surface area contributed by atoms with Crippen LogP contribution in [0.15, 0.2) is 23.1 Å². The maximum Gasteiger partial charge on any atom is 0.303 e. The third-order valence-corrected chi connectivity index (χ3v) is 4.46. The fraction of sp³-hybridized carbons (Fsp3) is 0.417. The maximum atomic E-state index is 12.1. The summed E-state index contributed by atoms with van der Waals surface area (Å²) >= 11 is 5.88. The summed E-state index contributed by atoms with van der Waals surface area (Å²) in [5.74, 6) is -0.590. The lowest BCUT2D eigenvalue weighted by atomic mass is 10.2. The number of hydrogen-bond donors (Lipinski definition) is 2. The number of benzene rings is 1. The molecule has 0 saturated heterocycles. The Kier molecular flexibility index (Phi) is 5.79. The van der Waals surface area contributed by atoms with Gasteiger partial charge in [0.1, 0.15) is 5.75 Å². The van der Waals surface area contributed by atoms with Crippen molar-refractivity contribution in [2.24, 2.45) is 0 Å². The van der Waals surface area contributed by atoms with Crippen LogP contribution >= 0.6 is 11.6 Å². The third-order valence-electron chi connectivity index (χ3n) is 2.58. The van der Waals surface area contributed by atoms with Crippen LogP contribution in [0.25, 0.3) is 0 Å². The number of sulfonamides is 1. The number of halogens is 1. The number of rotatable bonds is 7. The summed E-state index contributed by atoms with van der Waals surface area (Å²) in [6.07, 6.45) is 0.103. The standard InChI is InChI=1S/C12H16ClNO5S/c1-8(3-6-12(15)16)14-20(17,18)9-4-5-11(19-2)10(13)7-9/h4-5,7-8,14H,3,6H2,1-2H3,(H,15,16). The monoisotopic (exact) mass is 321 g/mol. The van der Waals surface area contributed by atoms with E-state index in [2.05, 4.69) is 4.72 Å². The summed E-state index contributed by atoms with van der Waals surface area (Å²) in [6.45, 7) is 1.60. The topological polar surface area (TPSA) is 92.7 Å². The Balaban J connectivity index is 2.83. The van der Waals surface area contributed by atoms with Crippen molar-refractivity contribution in [3.8, 4) is 5.75 Å². The van der Waals surface area contributed by atoms with Gasteiger partial charge >= 0.3 is 5.97 Å². The maximum absolute atomic E-state index is 12.1. The molecule has 0 aliphatic carbocycles. The molecule has 0 aromatic heterocycles. The van der Waals surface area contributed by atoms with Gasteiger partial charge in [0.05, 0.1) is 17.0 Å². The number of hydrogen-bond acceptors (Lipinski definition) is 4. The lowest BCUT2D eigenvalue weighted by Crippen LogP contribution is -2.33. The average molecular weight is 322 g/mol. The summed E-state index contributed by atoms with van der Waals surface area (Å²) < 4.78 is 31.5. The first-order chi connectivity index (χ1) is 9.26. The Hall–Kier alpha value is -1.31. The van der Waals surface area contributed by atoms with E-state index in [-0.39, 0.29) is 22.8 Å². The first-order valence-corrected chi connectivity index (χ1v) is 7.70. The molecule has 0 radical (unpaired) electrons. The predicted octanol–water partition coefficient (Wildman–Crippen LogP) is 1.88. The quantitative estimate of drug-likeness (QED) is 0.800. The number of carboxylic acids is 1. The molecule has 1 aromatic rings. The Morgan fingerprint density at radius 3 is 2.65 bits per heavy atom. The summed E-state index contributed by atoms with van der Waals surface area (Å²) in [6, 6.07) is 3.62. The van der Waals surface area contributed by atoms with Gasteiger partial charge in [-0.25, -0.2) is 13.1 Å². The first-order valence-electron chi connectivity index (χ1n) is 5.84. The molecule has 0 bridgehead atoms. The lowest BCUT2D eigenvalue weighted by Gasteiger charge is -2.14. The van der Waals surface area contributed by atoms with Crippen molar-refractivity contribution in [2.75, 3.05) is 7.11 Å². The van der Waals surface area contributed by atoms with Crippen molar-refractivity contribution in [1.29, 1.82) is 0 Å². The minimum atomic E-state index is -3.74. The van der Waals surface area contributed by atoms with Crippen molar-refractivity contribution >= 4 is 27.6 Å². The SMILES string of the molecule is COc1ccc(S(=O)(=O)NC(C)CCC(=O)O)cc1Cl. The Morgan fingerprint density at radius 1 is 1.50 bits per heavy atom. The van der Waals surface area contributed by atoms with E-state index in [1.807, 2.05) is 0 Å². The molecule has 112 valence electrons. The molecule has 0 fully saturated rings. The highest BCUT2D eigenvalue weighted by Gasteiger charge is 2.19. The number of carbonyl (C=O) groups is 1. The second-order valence-electron chi connectivity index (χ2n) is 4.25. The molecule has 1 rings (SSSR count). The smallest absolute Gasteiger partial charge is 0.303 e. The Morgan fingerprint density at radius 2 is 2.15 bits per heavy atom. The van der Waals surface area contributed by atoms with Crippen LogP contribution in [0.4, 0.5) is 0 Å². The van der Waals surface area contributed by atoms with Crippen LogP contribution in [0.2, 0.25) is 5.02 Å². The molecule has 1 aromatic carbocycles. The minimum absolute atomic E-state index is 0.00507. The highest BCUT2D eigenvalue weighted by molar-refractivity contribution is 7.89. The Labute approximate surface area is 122 Å². The van der Waals surface area contributed by atoms with Crippen LogP contribution in [-0.2, 0) is 14.8 Å². The lowest BCUT2D eigenvalue weighted by molar-refractivity contribution is -0.137. The molecule has 0 amide bonds. The predicted molar refractivity (Wildman–Crippen MR) is 74.7 cm³/mol. The third kappa shape index (κ3) is 4.66. The van der Waals surface area contributed by atoms with E-state index in [4.69, 9.17) is 21.4 Å². The van der Waals surface area contributed by atoms with Crippen molar-refractivity contribution < 1.29 is 23.1 Å². The van der Waals surface area contributed by atoms with Crippen molar-refractivity contribution in [3.63, 3.8) is 0 Å². The van der Waals surface area contributed by atoms with Gasteiger partial charge in [0.2, 0.25) is 10.0 Å². The zero-order valence-electron chi connectivity index (χ0n) is 11.1. The van der Waals surface area contributed by atoms with Gasteiger partial charge in [-0.2, -0.15) is 0 Å². The molecule has 0 saturated carbocycles. The molecule has 0 aliphatic heterocycles. The molecular formula is C12H16ClNO5S. The molecule has 8 heteroatoms. The van der Waals surface area contributed by atoms with Gasteiger partial charge in [-0.05, 0) is 31.5 Å². The molecule has 6 nitrogen and oxygen atoms in total. The largest absolute Gasteiger partial charge is 0.495 e. The van der Waals surface area contributed by atoms with E-state index in [9.17, 15) is 13.2 Å². The zero-order valence-corrected chi connectivity index (χ0v) is 12.7. The Bertz CT molecular complexity index is 588. The van der Waals surface area contributed by atoms with E-state index in [0.29, 0.717) is 5.75 Å². The van der Waals surface area contributed by atoms with E-state index in [1.165, 1.54) is 25.3 Å². The first kappa shape index (κ1) is 16.7. The molecule has 1 atom stereocenters. The number of methoxy groups -OCH3 is 1. The average Bonchev–Trinajstić information content (AvgIpc) is 2.35. The van der Waals surface area contributed by atoms with Crippen LogP contribution < -0.4 is 9.46 Å². The van der Waals surface area contributed by atoms with E-state index in [1.54, 1.807) is 6.92 Å². The second-order valence-corrected chi connectivity index (χ2v) is 6.37. The van der Waals surface area contributed by atoms with Gasteiger partial charge in [0, 0.05) is 12.5 Å². The fourth-order valence-electron chi connectivity index (χ4n) is 1.55. The van der Waals surface area contributed by atoms with Gasteiger partial charge < -0.3 is 9.84 Å². The fourth-order valence-corrected chi connectivity index (χ4v) is 3.17. The highest BCUT2D eigenvalue weighted by atomic mass is 35.5. The van der Waals surface area contributed by atoms with Crippen molar-refractivity contribution in [3.05, 3.63) is 23.2 Å². The van der Waals surface area contributed by atoms with Crippen molar-refractivity contribution in [2.45, 2.75) is 30.7 Å². The van der Waals surface area contributed by atoms with Crippen LogP contribution in [-0.4, -0.2) is 32.6 Å². The summed E-state index contributed by atoms with van der Waals surface area (Å²) in [5.41, 5.74) is 0. The normalized spacial score (nSPS) is 12.9. The zero-order chi connectivity index (χ0) is 15.3. The van der Waals surface area contributed by atoms with Gasteiger partial charge in [0.25, 0.3) is 0 Å². The van der Waals surface area contributed by atoms with Gasteiger partial charge in [-0.15, -0.1) is 0 Å². The van der Waals surface area contributed by atoms with Gasteiger partial charge in [0.15, 0.2) is 0 Å². The van der Waals surface area contributed by atoms with E-state index < -0.39 is 22.0 Å². The molecule has 2 N–H and O–H groups in total. The molecule has 0 aliphatic rings. The highest BCUT2D eigenvalue weighted by Crippen LogP contribution is 2.26. The van der Waals surface area contributed by atoms with Crippen LogP contribution in [0.5, 0.6) is 5.75 Å². The molecule has 0 spiro atoms. The van der Waals surface area contributed by atoms with Crippen LogP contribution in [0.1, 0.15) is 19.8 Å². The van der Waals surface area contributed by atoms with Crippen LogP contribution in [0, 0.1) is 0 Å². The summed E-state index contributed by atoms with van der Waals surface area (Å²) in [7, 11) is -2.31. The summed E-state index contributed by atoms with van der Waals surface area (Å²) in [4.78, 5) is 10.5. The number of ether oxygens (including phenoxy) is 1. The summed E-state index contributed by atoms with van der Waals surface area (Å²) in [5, 5.41) is 8.75. The molecule has 1 unspecified atom stereocenters. The number of nitrogens with one attached hydrogen (secondary N) is 1. The van der Waals surface area contributed by atoms with Crippen molar-refractivity contribution in [1.82, 2.24) is 4.72 Å². The molecular weight excluding hydrogens is 306 g/mol. The van der Waals surface area contributed by atoms with Gasteiger partial charge in [-0.3, -0.25) is 4.79 Å². The number of aliphatic carboxylic acids is 1.